The van der Waals surface area contributed by atoms with Crippen molar-refractivity contribution >= 4 is 5.97 Å². The maximum atomic E-state index is 12.0. The zero-order valence-electron chi connectivity index (χ0n) is 15.5. The molecule has 0 fully saturated rings. The summed E-state index contributed by atoms with van der Waals surface area (Å²) in [6.07, 6.45) is 9.14. The number of unbranched alkanes of at least 4 members (excludes halogenated alkanes) is 6. The summed E-state index contributed by atoms with van der Waals surface area (Å²) in [4.78, 5) is 12.0. The number of carbonyl (C=O) groups excluding carboxylic acids is 1. The maximum absolute atomic E-state index is 12.0. The predicted molar refractivity (Wildman–Crippen MR) is 99.0 cm³/mol. The molecule has 3 heteroatoms. The Bertz CT molecular complexity index is 495. The first kappa shape index (κ1) is 20.3. The number of esters is 1. The molecule has 0 aliphatic heterocycles. The summed E-state index contributed by atoms with van der Waals surface area (Å²) in [5.74, 6) is -0.658. The average molecular weight is 332 g/mol. The van der Waals surface area contributed by atoms with Crippen molar-refractivity contribution in [2.24, 2.45) is 0 Å². The number of benzene rings is 1. The van der Waals surface area contributed by atoms with Gasteiger partial charge in [-0.3, -0.25) is 0 Å². The van der Waals surface area contributed by atoms with Gasteiger partial charge in [0.25, 0.3) is 5.79 Å². The summed E-state index contributed by atoms with van der Waals surface area (Å²) >= 11 is 0. The van der Waals surface area contributed by atoms with Gasteiger partial charge in [-0.15, -0.1) is 0 Å². The SMILES string of the molecule is C=C(C)C(=O)OC(C)(CCCCCCCCC)Oc1ccccc1. The van der Waals surface area contributed by atoms with Crippen LogP contribution in [0, 0.1) is 0 Å². The summed E-state index contributed by atoms with van der Waals surface area (Å²) in [5, 5.41) is 0. The molecule has 1 aromatic carbocycles. The third kappa shape index (κ3) is 8.19. The van der Waals surface area contributed by atoms with Crippen LogP contribution in [0.5, 0.6) is 5.75 Å². The van der Waals surface area contributed by atoms with Crippen molar-refractivity contribution < 1.29 is 14.3 Å². The summed E-state index contributed by atoms with van der Waals surface area (Å²) in [7, 11) is 0. The van der Waals surface area contributed by atoms with Crippen LogP contribution >= 0.6 is 0 Å². The van der Waals surface area contributed by atoms with E-state index in [1.807, 2.05) is 37.3 Å². The lowest BCUT2D eigenvalue weighted by molar-refractivity contribution is -0.190. The van der Waals surface area contributed by atoms with Crippen molar-refractivity contribution in [1.29, 1.82) is 0 Å². The molecule has 0 heterocycles. The fourth-order valence-electron chi connectivity index (χ4n) is 2.55. The van der Waals surface area contributed by atoms with E-state index < -0.39 is 11.8 Å². The van der Waals surface area contributed by atoms with E-state index >= 15 is 0 Å². The molecule has 0 amide bonds. The zero-order valence-corrected chi connectivity index (χ0v) is 15.5. The Labute approximate surface area is 147 Å². The average Bonchev–Trinajstić information content (AvgIpc) is 2.54. The highest BCUT2D eigenvalue weighted by molar-refractivity contribution is 5.87. The van der Waals surface area contributed by atoms with E-state index in [0.29, 0.717) is 17.7 Å². The first-order valence-corrected chi connectivity index (χ1v) is 9.10. The zero-order chi connectivity index (χ0) is 17.8. The van der Waals surface area contributed by atoms with Crippen LogP contribution in [0.25, 0.3) is 0 Å². The normalized spacial score (nSPS) is 13.1. The molecular formula is C21H32O3. The molecule has 0 spiro atoms. The van der Waals surface area contributed by atoms with E-state index in [9.17, 15) is 4.79 Å². The molecule has 0 saturated carbocycles. The quantitative estimate of drug-likeness (QED) is 0.202. The minimum Gasteiger partial charge on any atom is -0.453 e. The lowest BCUT2D eigenvalue weighted by Crippen LogP contribution is -2.38. The second-order valence-electron chi connectivity index (χ2n) is 6.59. The van der Waals surface area contributed by atoms with Gasteiger partial charge >= 0.3 is 5.97 Å². The van der Waals surface area contributed by atoms with Gasteiger partial charge in [0, 0.05) is 18.9 Å². The van der Waals surface area contributed by atoms with Gasteiger partial charge in [-0.1, -0.05) is 70.2 Å². The fraction of sp³-hybridized carbons (Fsp3) is 0.571. The van der Waals surface area contributed by atoms with Gasteiger partial charge in [0.2, 0.25) is 0 Å². The van der Waals surface area contributed by atoms with Gasteiger partial charge in [-0.25, -0.2) is 4.79 Å². The topological polar surface area (TPSA) is 35.5 Å². The molecule has 134 valence electrons. The van der Waals surface area contributed by atoms with Crippen LogP contribution in [0.3, 0.4) is 0 Å². The molecule has 24 heavy (non-hydrogen) atoms. The van der Waals surface area contributed by atoms with Crippen molar-refractivity contribution in [2.45, 2.75) is 77.9 Å². The van der Waals surface area contributed by atoms with Gasteiger partial charge in [-0.2, -0.15) is 0 Å². The molecule has 1 rings (SSSR count). The molecule has 1 unspecified atom stereocenters. The number of para-hydroxylation sites is 1. The predicted octanol–water partition coefficient (Wildman–Crippen LogP) is 6.04. The number of rotatable bonds is 12. The van der Waals surface area contributed by atoms with Crippen molar-refractivity contribution in [2.75, 3.05) is 0 Å². The maximum Gasteiger partial charge on any atom is 0.336 e. The van der Waals surface area contributed by atoms with Crippen LogP contribution in [0.1, 0.15) is 72.1 Å². The van der Waals surface area contributed by atoms with E-state index in [-0.39, 0.29) is 0 Å². The van der Waals surface area contributed by atoms with Gasteiger partial charge in [-0.05, 0) is 25.5 Å². The first-order valence-electron chi connectivity index (χ1n) is 9.10. The van der Waals surface area contributed by atoms with Crippen LogP contribution in [0.4, 0.5) is 0 Å². The lowest BCUT2D eigenvalue weighted by Gasteiger charge is -2.30. The second kappa shape index (κ2) is 10.9. The molecule has 0 aliphatic carbocycles. The summed E-state index contributed by atoms with van der Waals surface area (Å²) < 4.78 is 11.6. The van der Waals surface area contributed by atoms with Crippen LogP contribution in [0.2, 0.25) is 0 Å². The Morgan fingerprint density at radius 3 is 2.21 bits per heavy atom. The molecule has 1 aromatic rings. The van der Waals surface area contributed by atoms with Gasteiger partial charge in [0.15, 0.2) is 0 Å². The Balaban J connectivity index is 2.54. The Morgan fingerprint density at radius 2 is 1.62 bits per heavy atom. The van der Waals surface area contributed by atoms with E-state index in [4.69, 9.17) is 9.47 Å². The number of carbonyl (C=O) groups is 1. The van der Waals surface area contributed by atoms with Gasteiger partial charge in [0.05, 0.1) is 0 Å². The molecule has 1 atom stereocenters. The standard InChI is InChI=1S/C21H32O3/c1-5-6-7-8-9-10-14-17-21(4,24-20(22)18(2)3)23-19-15-12-11-13-16-19/h11-13,15-16H,2,5-10,14,17H2,1,3-4H3. The van der Waals surface area contributed by atoms with Crippen LogP contribution < -0.4 is 4.74 Å². The molecule has 0 aromatic heterocycles. The smallest absolute Gasteiger partial charge is 0.336 e. The molecule has 3 nitrogen and oxygen atoms in total. The monoisotopic (exact) mass is 332 g/mol. The summed E-state index contributed by atoms with van der Waals surface area (Å²) in [6.45, 7) is 9.36. The third-order valence-electron chi connectivity index (χ3n) is 3.97. The Hall–Kier alpha value is -1.77. The van der Waals surface area contributed by atoms with Gasteiger partial charge in [0.1, 0.15) is 5.75 Å². The van der Waals surface area contributed by atoms with E-state index in [0.717, 1.165) is 12.8 Å². The Kier molecular flexibility index (Phi) is 9.21. The highest BCUT2D eigenvalue weighted by atomic mass is 16.7. The third-order valence-corrected chi connectivity index (χ3v) is 3.97. The lowest BCUT2D eigenvalue weighted by atomic mass is 10.0. The second-order valence-corrected chi connectivity index (χ2v) is 6.59. The highest BCUT2D eigenvalue weighted by Gasteiger charge is 2.31. The van der Waals surface area contributed by atoms with Crippen LogP contribution in [0.15, 0.2) is 42.5 Å². The first-order chi connectivity index (χ1) is 11.5. The molecule has 0 saturated heterocycles. The van der Waals surface area contributed by atoms with Gasteiger partial charge < -0.3 is 9.47 Å². The van der Waals surface area contributed by atoms with E-state index in [1.165, 1.54) is 32.1 Å². The summed E-state index contributed by atoms with van der Waals surface area (Å²) in [6, 6.07) is 9.49. The van der Waals surface area contributed by atoms with Crippen LogP contribution in [-0.4, -0.2) is 11.8 Å². The highest BCUT2D eigenvalue weighted by Crippen LogP contribution is 2.26. The largest absolute Gasteiger partial charge is 0.453 e. The Morgan fingerprint density at radius 1 is 1.04 bits per heavy atom. The molecule has 0 aliphatic rings. The molecule has 0 bridgehead atoms. The van der Waals surface area contributed by atoms with Crippen LogP contribution in [-0.2, 0) is 9.53 Å². The van der Waals surface area contributed by atoms with Crippen molar-refractivity contribution in [3.8, 4) is 5.75 Å². The fourth-order valence-corrected chi connectivity index (χ4v) is 2.55. The van der Waals surface area contributed by atoms with Crippen molar-refractivity contribution in [3.05, 3.63) is 42.5 Å². The van der Waals surface area contributed by atoms with E-state index in [2.05, 4.69) is 13.5 Å². The number of ether oxygens (including phenoxy) is 2. The minimum atomic E-state index is -0.958. The number of hydrogen-bond donors (Lipinski definition) is 0. The minimum absolute atomic E-state index is 0.387. The molecule has 0 N–H and O–H groups in total. The van der Waals surface area contributed by atoms with Crippen molar-refractivity contribution in [1.82, 2.24) is 0 Å². The van der Waals surface area contributed by atoms with Crippen molar-refractivity contribution in [3.63, 3.8) is 0 Å². The summed E-state index contributed by atoms with van der Waals surface area (Å²) in [5.41, 5.74) is 0.387. The van der Waals surface area contributed by atoms with E-state index in [1.54, 1.807) is 6.92 Å². The molecule has 0 radical (unpaired) electrons. The molecular weight excluding hydrogens is 300 g/mol. The number of hydrogen-bond acceptors (Lipinski definition) is 3.